The van der Waals surface area contributed by atoms with Gasteiger partial charge in [-0.2, -0.15) is 5.10 Å². The molecule has 0 radical (unpaired) electrons. The highest BCUT2D eigenvalue weighted by Gasteiger charge is 2.28. The Kier molecular flexibility index (Phi) is 6.90. The van der Waals surface area contributed by atoms with Crippen LogP contribution in [0.15, 0.2) is 37.1 Å². The molecule has 10 nitrogen and oxygen atoms in total. The van der Waals surface area contributed by atoms with Gasteiger partial charge >= 0.3 is 0 Å². The van der Waals surface area contributed by atoms with E-state index in [4.69, 9.17) is 4.74 Å². The zero-order chi connectivity index (χ0) is 26.1. The van der Waals surface area contributed by atoms with Crippen molar-refractivity contribution in [3.63, 3.8) is 0 Å². The standard InChI is InChI=1S/C26H30F2N8O2/c27-22(28)14-30-26(37)20-13-33-36-6-5-16(11-21(20)36)19-12-29-24-23(19)25(32-15-31-24)34-17-1-3-18(4-2-17)35-7-9-38-10-8-35/h5-6,11-13,15,17-18,22H,1-4,7-10,14H2,(H,30,37)(H2,29,31,32,34)/t17-,18-. The minimum Gasteiger partial charge on any atom is -0.379 e. The van der Waals surface area contributed by atoms with Gasteiger partial charge in [-0.3, -0.25) is 9.69 Å². The summed E-state index contributed by atoms with van der Waals surface area (Å²) in [5.41, 5.74) is 3.19. The van der Waals surface area contributed by atoms with Gasteiger partial charge in [-0.25, -0.2) is 23.3 Å². The van der Waals surface area contributed by atoms with Crippen LogP contribution in [0.2, 0.25) is 0 Å². The molecule has 4 aromatic rings. The fourth-order valence-corrected chi connectivity index (χ4v) is 5.61. The van der Waals surface area contributed by atoms with Crippen LogP contribution in [-0.4, -0.2) is 86.7 Å². The van der Waals surface area contributed by atoms with Gasteiger partial charge in [0, 0.05) is 43.1 Å². The number of carbonyl (C=O) groups excluding carboxylic acids is 1. The lowest BCUT2D eigenvalue weighted by Crippen LogP contribution is -2.46. The normalized spacial score (nSPS) is 20.8. The number of aromatic nitrogens is 5. The minimum absolute atomic E-state index is 0.235. The molecule has 0 bridgehead atoms. The van der Waals surface area contributed by atoms with Gasteiger partial charge in [0.05, 0.1) is 42.4 Å². The summed E-state index contributed by atoms with van der Waals surface area (Å²) < 4.78 is 32.3. The molecule has 200 valence electrons. The second-order valence-corrected chi connectivity index (χ2v) is 9.85. The summed E-state index contributed by atoms with van der Waals surface area (Å²) in [5, 5.41) is 11.0. The fraction of sp³-hybridized carbons (Fsp3) is 0.462. The van der Waals surface area contributed by atoms with Crippen LogP contribution in [0, 0.1) is 0 Å². The number of hydrogen-bond acceptors (Lipinski definition) is 7. The highest BCUT2D eigenvalue weighted by molar-refractivity contribution is 6.04. The summed E-state index contributed by atoms with van der Waals surface area (Å²) >= 11 is 0. The van der Waals surface area contributed by atoms with Crippen molar-refractivity contribution >= 4 is 28.3 Å². The molecule has 38 heavy (non-hydrogen) atoms. The maximum atomic E-state index is 12.6. The molecule has 1 amide bonds. The van der Waals surface area contributed by atoms with Crippen molar-refractivity contribution in [2.24, 2.45) is 0 Å². The van der Waals surface area contributed by atoms with Crippen LogP contribution >= 0.6 is 0 Å². The highest BCUT2D eigenvalue weighted by atomic mass is 19.3. The number of halogens is 2. The molecule has 0 atom stereocenters. The van der Waals surface area contributed by atoms with E-state index in [-0.39, 0.29) is 5.56 Å². The number of carbonyl (C=O) groups is 1. The van der Waals surface area contributed by atoms with Crippen LogP contribution in [0.1, 0.15) is 36.0 Å². The molecule has 12 heteroatoms. The molecule has 1 saturated heterocycles. The lowest BCUT2D eigenvalue weighted by atomic mass is 9.90. The first-order valence-electron chi connectivity index (χ1n) is 13.0. The molecule has 0 spiro atoms. The van der Waals surface area contributed by atoms with Crippen LogP contribution in [0.5, 0.6) is 0 Å². The van der Waals surface area contributed by atoms with Crippen molar-refractivity contribution in [3.05, 3.63) is 42.6 Å². The number of nitrogens with zero attached hydrogens (tertiary/aromatic N) is 5. The van der Waals surface area contributed by atoms with Gasteiger partial charge in [0.15, 0.2) is 0 Å². The molecule has 1 aliphatic carbocycles. The third-order valence-corrected chi connectivity index (χ3v) is 7.56. The Morgan fingerprint density at radius 2 is 2.00 bits per heavy atom. The van der Waals surface area contributed by atoms with Gasteiger partial charge in [-0.05, 0) is 43.4 Å². The molecule has 6 rings (SSSR count). The van der Waals surface area contributed by atoms with Crippen LogP contribution in [0.4, 0.5) is 14.6 Å². The van der Waals surface area contributed by atoms with Crippen molar-refractivity contribution < 1.29 is 18.3 Å². The number of amides is 1. The number of aromatic amines is 1. The van der Waals surface area contributed by atoms with Crippen molar-refractivity contribution in [1.29, 1.82) is 0 Å². The molecular weight excluding hydrogens is 494 g/mol. The van der Waals surface area contributed by atoms with Crippen LogP contribution in [0.25, 0.3) is 27.7 Å². The topological polar surface area (TPSA) is 112 Å². The summed E-state index contributed by atoms with van der Waals surface area (Å²) in [5.74, 6) is 0.180. The molecule has 2 fully saturated rings. The van der Waals surface area contributed by atoms with Crippen LogP contribution in [-0.2, 0) is 4.74 Å². The van der Waals surface area contributed by atoms with E-state index in [1.54, 1.807) is 17.0 Å². The number of anilines is 1. The predicted molar refractivity (Wildman–Crippen MR) is 138 cm³/mol. The monoisotopic (exact) mass is 524 g/mol. The summed E-state index contributed by atoms with van der Waals surface area (Å²) in [6.07, 6.45) is 8.34. The first-order chi connectivity index (χ1) is 18.6. The van der Waals surface area contributed by atoms with Gasteiger partial charge in [-0.15, -0.1) is 0 Å². The fourth-order valence-electron chi connectivity index (χ4n) is 5.61. The van der Waals surface area contributed by atoms with E-state index in [0.717, 1.165) is 74.3 Å². The summed E-state index contributed by atoms with van der Waals surface area (Å²) in [7, 11) is 0. The lowest BCUT2D eigenvalue weighted by molar-refractivity contribution is 0.00791. The Morgan fingerprint density at radius 3 is 2.79 bits per heavy atom. The molecule has 1 saturated carbocycles. The van der Waals surface area contributed by atoms with Gasteiger partial charge in [0.1, 0.15) is 17.8 Å². The van der Waals surface area contributed by atoms with Gasteiger partial charge in [0.25, 0.3) is 12.3 Å². The number of nitrogens with one attached hydrogen (secondary N) is 3. The Hall–Kier alpha value is -3.64. The van der Waals surface area contributed by atoms with E-state index in [1.807, 2.05) is 18.3 Å². The quantitative estimate of drug-likeness (QED) is 0.340. The maximum Gasteiger partial charge on any atom is 0.255 e. The Balaban J connectivity index is 1.24. The second-order valence-electron chi connectivity index (χ2n) is 9.85. The number of hydrogen-bond donors (Lipinski definition) is 3. The third kappa shape index (κ3) is 4.93. The van der Waals surface area contributed by atoms with Crippen molar-refractivity contribution in [2.45, 2.75) is 44.2 Å². The Bertz CT molecular complexity index is 1420. The van der Waals surface area contributed by atoms with Gasteiger partial charge in [-0.1, -0.05) is 0 Å². The summed E-state index contributed by atoms with van der Waals surface area (Å²) in [6.45, 7) is 2.96. The highest BCUT2D eigenvalue weighted by Crippen LogP contribution is 2.34. The lowest BCUT2D eigenvalue weighted by Gasteiger charge is -2.39. The van der Waals surface area contributed by atoms with Crippen molar-refractivity contribution in [2.75, 3.05) is 38.2 Å². The van der Waals surface area contributed by atoms with Crippen LogP contribution < -0.4 is 10.6 Å². The molecule has 1 aliphatic heterocycles. The second kappa shape index (κ2) is 10.6. The Labute approximate surface area is 217 Å². The molecule has 5 heterocycles. The maximum absolute atomic E-state index is 12.6. The number of pyridine rings is 1. The van der Waals surface area contributed by atoms with E-state index in [2.05, 4.69) is 35.6 Å². The minimum atomic E-state index is -2.62. The first kappa shape index (κ1) is 24.7. The largest absolute Gasteiger partial charge is 0.379 e. The van der Waals surface area contributed by atoms with E-state index < -0.39 is 18.9 Å². The smallest absolute Gasteiger partial charge is 0.255 e. The third-order valence-electron chi connectivity index (χ3n) is 7.56. The SMILES string of the molecule is O=C(NCC(F)F)c1cnn2ccc(-c3c[nH]c4ncnc(N[C@H]5CC[C@H](N6CCOCC6)CC5)c34)cc12. The molecule has 0 aromatic carbocycles. The number of morpholine rings is 1. The predicted octanol–water partition coefficient (Wildman–Crippen LogP) is 3.32. The molecule has 4 aromatic heterocycles. The zero-order valence-corrected chi connectivity index (χ0v) is 20.9. The number of H-pyrrole nitrogens is 1. The number of ether oxygens (including phenoxy) is 1. The molecule has 3 N–H and O–H groups in total. The zero-order valence-electron chi connectivity index (χ0n) is 20.9. The van der Waals surface area contributed by atoms with E-state index in [9.17, 15) is 13.6 Å². The van der Waals surface area contributed by atoms with Gasteiger partial charge in [0.2, 0.25) is 0 Å². The summed E-state index contributed by atoms with van der Waals surface area (Å²) in [6, 6.07) is 4.65. The number of alkyl halides is 2. The average Bonchev–Trinajstić information content (AvgIpc) is 3.57. The molecular formula is C26H30F2N8O2. The first-order valence-corrected chi connectivity index (χ1v) is 13.0. The van der Waals surface area contributed by atoms with Crippen molar-refractivity contribution in [3.8, 4) is 11.1 Å². The van der Waals surface area contributed by atoms with E-state index >= 15 is 0 Å². The molecule has 2 aliphatic rings. The van der Waals surface area contributed by atoms with E-state index in [0.29, 0.717) is 23.2 Å². The van der Waals surface area contributed by atoms with Crippen molar-refractivity contribution in [1.82, 2.24) is 34.8 Å². The average molecular weight is 525 g/mol. The Morgan fingerprint density at radius 1 is 1.18 bits per heavy atom. The number of fused-ring (bicyclic) bond motifs is 2. The molecule has 0 unspecified atom stereocenters. The van der Waals surface area contributed by atoms with Crippen LogP contribution in [0.3, 0.4) is 0 Å². The van der Waals surface area contributed by atoms with E-state index in [1.165, 1.54) is 6.20 Å². The van der Waals surface area contributed by atoms with Gasteiger partial charge < -0.3 is 20.4 Å². The number of rotatable bonds is 7. The summed E-state index contributed by atoms with van der Waals surface area (Å²) in [4.78, 5) is 27.3.